The van der Waals surface area contributed by atoms with E-state index in [4.69, 9.17) is 14.7 Å². The second kappa shape index (κ2) is 11.3. The lowest BCUT2D eigenvalue weighted by atomic mass is 9.93. The summed E-state index contributed by atoms with van der Waals surface area (Å²) in [5.41, 5.74) is 2.50. The number of rotatable bonds is 7. The Kier molecular flexibility index (Phi) is 7.72. The number of anilines is 3. The molecule has 1 aromatic carbocycles. The molecule has 198 valence electrons. The molecule has 38 heavy (non-hydrogen) atoms. The molecule has 2 fully saturated rings. The number of nitrogens with zero attached hydrogens (tertiary/aromatic N) is 5. The number of carbonyl (C=O) groups excluding carboxylic acids is 1. The highest BCUT2D eigenvalue weighted by molar-refractivity contribution is 7.16. The highest BCUT2D eigenvalue weighted by atomic mass is 32.1. The highest BCUT2D eigenvalue weighted by Gasteiger charge is 2.32. The Morgan fingerprint density at radius 2 is 1.95 bits per heavy atom. The van der Waals surface area contributed by atoms with E-state index in [9.17, 15) is 15.2 Å². The lowest BCUT2D eigenvalue weighted by Gasteiger charge is -2.28. The molecule has 1 saturated heterocycles. The molecule has 1 saturated carbocycles. The predicted molar refractivity (Wildman–Crippen MR) is 145 cm³/mol. The standard InChI is InChI=1S/C27H31N7O3S/c1-16-5-7-17(8-6-16)21-4-3-13-34(21)26-31-22(25(36)30-18-9-11-19(35)12-10-18)23(37-2)24(32-26)33-27-29-15-20(14-28)38-27/h5-8,15,18-19,21,35H,3-4,9-13H2,1-2H3,(H,30,36)(H,29,31,32,33)/t18-,19-,21-/m0/s1. The molecule has 3 N–H and O–H groups in total. The van der Waals surface area contributed by atoms with E-state index in [1.54, 1.807) is 0 Å². The molecule has 11 heteroatoms. The van der Waals surface area contributed by atoms with Gasteiger partial charge in [-0.1, -0.05) is 41.2 Å². The van der Waals surface area contributed by atoms with Gasteiger partial charge in [-0.2, -0.15) is 10.2 Å². The summed E-state index contributed by atoms with van der Waals surface area (Å²) in [6.07, 6.45) is 5.81. The molecular formula is C27H31N7O3S. The average molecular weight is 534 g/mol. The molecular weight excluding hydrogens is 502 g/mol. The first-order valence-electron chi connectivity index (χ1n) is 12.9. The third-order valence-electron chi connectivity index (χ3n) is 7.12. The van der Waals surface area contributed by atoms with Gasteiger partial charge in [0, 0.05) is 12.6 Å². The SMILES string of the molecule is COc1c(Nc2ncc(C#N)s2)nc(N2CCC[C@H]2c2ccc(C)cc2)nc1C(=O)N[C@H]1CC[C@H](O)CC1. The minimum Gasteiger partial charge on any atom is -0.491 e. The fourth-order valence-corrected chi connectivity index (χ4v) is 5.71. The van der Waals surface area contributed by atoms with Crippen LogP contribution < -0.4 is 20.3 Å². The second-order valence-electron chi connectivity index (χ2n) is 9.76. The number of hydrogen-bond donors (Lipinski definition) is 3. The molecule has 3 aromatic rings. The second-order valence-corrected chi connectivity index (χ2v) is 10.8. The third kappa shape index (κ3) is 5.56. The number of aliphatic hydroxyl groups is 1. The van der Waals surface area contributed by atoms with Crippen LogP contribution in [-0.2, 0) is 0 Å². The number of nitriles is 1. The molecule has 5 rings (SSSR count). The number of methoxy groups -OCH3 is 1. The van der Waals surface area contributed by atoms with Crippen LogP contribution in [0.25, 0.3) is 0 Å². The zero-order valence-corrected chi connectivity index (χ0v) is 22.3. The quantitative estimate of drug-likeness (QED) is 0.407. The topological polar surface area (TPSA) is 136 Å². The van der Waals surface area contributed by atoms with Crippen molar-refractivity contribution >= 4 is 34.1 Å². The van der Waals surface area contributed by atoms with Gasteiger partial charge < -0.3 is 25.4 Å². The van der Waals surface area contributed by atoms with Crippen molar-refractivity contribution in [3.63, 3.8) is 0 Å². The van der Waals surface area contributed by atoms with Crippen molar-refractivity contribution in [1.29, 1.82) is 5.26 Å². The number of benzene rings is 1. The van der Waals surface area contributed by atoms with Gasteiger partial charge >= 0.3 is 0 Å². The fraction of sp³-hybridized carbons (Fsp3) is 0.444. The Hall–Kier alpha value is -3.75. The van der Waals surface area contributed by atoms with Gasteiger partial charge in [-0.25, -0.2) is 9.97 Å². The number of nitrogens with one attached hydrogen (secondary N) is 2. The Morgan fingerprint density at radius 3 is 2.63 bits per heavy atom. The summed E-state index contributed by atoms with van der Waals surface area (Å²) in [6, 6.07) is 10.6. The Balaban J connectivity index is 1.52. The number of aromatic nitrogens is 3. The molecule has 2 aromatic heterocycles. The van der Waals surface area contributed by atoms with Crippen molar-refractivity contribution in [1.82, 2.24) is 20.3 Å². The molecule has 1 aliphatic heterocycles. The van der Waals surface area contributed by atoms with Crippen LogP contribution in [-0.4, -0.2) is 51.8 Å². The van der Waals surface area contributed by atoms with E-state index in [2.05, 4.69) is 57.8 Å². The van der Waals surface area contributed by atoms with Gasteiger partial charge in [0.15, 0.2) is 22.4 Å². The zero-order chi connectivity index (χ0) is 26.6. The van der Waals surface area contributed by atoms with Crippen LogP contribution in [0.15, 0.2) is 30.5 Å². The van der Waals surface area contributed by atoms with Crippen molar-refractivity contribution < 1.29 is 14.6 Å². The Labute approximate surface area is 225 Å². The molecule has 1 atom stereocenters. The lowest BCUT2D eigenvalue weighted by molar-refractivity contribution is 0.0860. The molecule has 0 unspecified atom stereocenters. The number of thiazole rings is 1. The monoisotopic (exact) mass is 533 g/mol. The van der Waals surface area contributed by atoms with Crippen molar-refractivity contribution in [2.45, 2.75) is 63.6 Å². The summed E-state index contributed by atoms with van der Waals surface area (Å²) in [5, 5.41) is 25.8. The third-order valence-corrected chi connectivity index (χ3v) is 7.94. The van der Waals surface area contributed by atoms with Crippen molar-refractivity contribution in [2.75, 3.05) is 23.9 Å². The maximum absolute atomic E-state index is 13.5. The van der Waals surface area contributed by atoms with Crippen molar-refractivity contribution in [3.05, 3.63) is 52.2 Å². The van der Waals surface area contributed by atoms with Gasteiger partial charge in [0.25, 0.3) is 5.91 Å². The van der Waals surface area contributed by atoms with Gasteiger partial charge in [0.2, 0.25) is 5.95 Å². The lowest BCUT2D eigenvalue weighted by Crippen LogP contribution is -2.39. The molecule has 2 aliphatic rings. The zero-order valence-electron chi connectivity index (χ0n) is 21.5. The summed E-state index contributed by atoms with van der Waals surface area (Å²) >= 11 is 1.19. The molecule has 0 radical (unpaired) electrons. The summed E-state index contributed by atoms with van der Waals surface area (Å²) in [5.74, 6) is 0.604. The van der Waals surface area contributed by atoms with Crippen LogP contribution in [0.2, 0.25) is 0 Å². The Morgan fingerprint density at radius 1 is 1.18 bits per heavy atom. The van der Waals surface area contributed by atoms with Crippen LogP contribution in [0, 0.1) is 18.3 Å². The molecule has 3 heterocycles. The van der Waals surface area contributed by atoms with Gasteiger partial charge in [-0.3, -0.25) is 4.79 Å². The van der Waals surface area contributed by atoms with Gasteiger partial charge in [0.05, 0.1) is 25.5 Å². The van der Waals surface area contributed by atoms with E-state index in [1.807, 2.05) is 0 Å². The minimum absolute atomic E-state index is 0.0466. The summed E-state index contributed by atoms with van der Waals surface area (Å²) < 4.78 is 5.66. The van der Waals surface area contributed by atoms with E-state index >= 15 is 0 Å². The van der Waals surface area contributed by atoms with Crippen LogP contribution in [0.3, 0.4) is 0 Å². The van der Waals surface area contributed by atoms with E-state index in [0.29, 0.717) is 47.5 Å². The van der Waals surface area contributed by atoms with E-state index in [0.717, 1.165) is 19.4 Å². The minimum atomic E-state index is -0.349. The van der Waals surface area contributed by atoms with Crippen LogP contribution in [0.4, 0.5) is 16.9 Å². The summed E-state index contributed by atoms with van der Waals surface area (Å²) in [4.78, 5) is 29.9. The summed E-state index contributed by atoms with van der Waals surface area (Å²) in [7, 11) is 1.48. The van der Waals surface area contributed by atoms with E-state index in [-0.39, 0.29) is 35.5 Å². The van der Waals surface area contributed by atoms with Crippen LogP contribution in [0.1, 0.15) is 71.1 Å². The predicted octanol–water partition coefficient (Wildman–Crippen LogP) is 4.24. The highest BCUT2D eigenvalue weighted by Crippen LogP contribution is 2.38. The van der Waals surface area contributed by atoms with Gasteiger partial charge in [-0.05, 0) is 51.0 Å². The first-order valence-corrected chi connectivity index (χ1v) is 13.7. The van der Waals surface area contributed by atoms with Crippen molar-refractivity contribution in [3.8, 4) is 11.8 Å². The Bertz CT molecular complexity index is 1330. The first-order chi connectivity index (χ1) is 18.4. The van der Waals surface area contributed by atoms with E-state index in [1.165, 1.54) is 35.8 Å². The fourth-order valence-electron chi connectivity index (χ4n) is 5.10. The first kappa shape index (κ1) is 25.9. The number of amides is 1. The number of aliphatic hydroxyl groups excluding tert-OH is 1. The normalized spacial score (nSPS) is 21.1. The molecule has 10 nitrogen and oxygen atoms in total. The van der Waals surface area contributed by atoms with Crippen molar-refractivity contribution in [2.24, 2.45) is 0 Å². The van der Waals surface area contributed by atoms with Crippen LogP contribution >= 0.6 is 11.3 Å². The van der Waals surface area contributed by atoms with Gasteiger partial charge in [-0.15, -0.1) is 0 Å². The maximum Gasteiger partial charge on any atom is 0.274 e. The van der Waals surface area contributed by atoms with Gasteiger partial charge in [0.1, 0.15) is 10.9 Å². The maximum atomic E-state index is 13.5. The van der Waals surface area contributed by atoms with Crippen LogP contribution in [0.5, 0.6) is 5.75 Å². The van der Waals surface area contributed by atoms with E-state index < -0.39 is 0 Å². The molecule has 1 aliphatic carbocycles. The molecule has 1 amide bonds. The smallest absolute Gasteiger partial charge is 0.274 e. The number of carbonyl (C=O) groups is 1. The molecule has 0 bridgehead atoms. The number of ether oxygens (including phenoxy) is 1. The average Bonchev–Trinajstić information content (AvgIpc) is 3.60. The number of aryl methyl sites for hydroxylation is 1. The molecule has 0 spiro atoms. The summed E-state index contributed by atoms with van der Waals surface area (Å²) in [6.45, 7) is 2.82. The number of hydrogen-bond acceptors (Lipinski definition) is 10. The largest absolute Gasteiger partial charge is 0.491 e.